The predicted octanol–water partition coefficient (Wildman–Crippen LogP) is 3.87. The molecule has 2 rings (SSSR count). The average Bonchev–Trinajstić information content (AvgIpc) is 2.86. The lowest BCUT2D eigenvalue weighted by atomic mass is 10.2. The molecule has 0 atom stereocenters. The third kappa shape index (κ3) is 2.67. The molecule has 20 heavy (non-hydrogen) atoms. The van der Waals surface area contributed by atoms with E-state index in [0.717, 1.165) is 0 Å². The Labute approximate surface area is 120 Å². The minimum atomic E-state index is -0.631. The van der Waals surface area contributed by atoms with Gasteiger partial charge in [0.05, 0.1) is 22.9 Å². The highest BCUT2D eigenvalue weighted by atomic mass is 35.5. The SMILES string of the molecule is CCOC(=O)c1oc(-c2cccc(Cl)c2F)nc1CC. The summed E-state index contributed by atoms with van der Waals surface area (Å²) in [5.41, 5.74) is 0.542. The summed E-state index contributed by atoms with van der Waals surface area (Å²) < 4.78 is 24.2. The van der Waals surface area contributed by atoms with E-state index in [1.807, 2.05) is 6.92 Å². The van der Waals surface area contributed by atoms with Crippen LogP contribution in [-0.4, -0.2) is 17.6 Å². The van der Waals surface area contributed by atoms with Crippen LogP contribution < -0.4 is 0 Å². The molecule has 1 aromatic carbocycles. The number of benzene rings is 1. The maximum Gasteiger partial charge on any atom is 0.376 e. The van der Waals surface area contributed by atoms with Crippen molar-refractivity contribution in [2.24, 2.45) is 0 Å². The summed E-state index contributed by atoms with van der Waals surface area (Å²) in [6.07, 6.45) is 0.472. The standard InChI is InChI=1S/C14H13ClFNO3/c1-3-10-12(14(18)19-4-2)20-13(17-10)8-6-5-7-9(15)11(8)16/h5-7H,3-4H2,1-2H3. The van der Waals surface area contributed by atoms with Gasteiger partial charge in [0.15, 0.2) is 5.82 Å². The van der Waals surface area contributed by atoms with Crippen molar-refractivity contribution >= 4 is 17.6 Å². The Balaban J connectivity index is 2.49. The zero-order chi connectivity index (χ0) is 14.7. The van der Waals surface area contributed by atoms with Gasteiger partial charge in [0.25, 0.3) is 0 Å². The molecule has 6 heteroatoms. The molecule has 0 spiro atoms. The van der Waals surface area contributed by atoms with E-state index in [4.69, 9.17) is 20.8 Å². The molecule has 0 aliphatic heterocycles. The summed E-state index contributed by atoms with van der Waals surface area (Å²) in [6, 6.07) is 4.50. The Kier molecular flexibility index (Phi) is 4.39. The molecule has 0 aliphatic carbocycles. The number of carbonyl (C=O) groups excluding carboxylic acids is 1. The monoisotopic (exact) mass is 297 g/mol. The van der Waals surface area contributed by atoms with Gasteiger partial charge in [-0.1, -0.05) is 24.6 Å². The van der Waals surface area contributed by atoms with E-state index in [0.29, 0.717) is 12.1 Å². The first kappa shape index (κ1) is 14.5. The second-order valence-electron chi connectivity index (χ2n) is 3.97. The van der Waals surface area contributed by atoms with Crippen LogP contribution in [-0.2, 0) is 11.2 Å². The number of oxazole rings is 1. The fourth-order valence-corrected chi connectivity index (χ4v) is 1.91. The van der Waals surface area contributed by atoms with Gasteiger partial charge >= 0.3 is 5.97 Å². The fraction of sp³-hybridized carbons (Fsp3) is 0.286. The molecule has 1 heterocycles. The number of esters is 1. The van der Waals surface area contributed by atoms with Gasteiger partial charge in [-0.3, -0.25) is 0 Å². The van der Waals surface area contributed by atoms with Crippen molar-refractivity contribution in [1.29, 1.82) is 0 Å². The van der Waals surface area contributed by atoms with E-state index in [1.54, 1.807) is 13.0 Å². The van der Waals surface area contributed by atoms with Gasteiger partial charge in [-0.05, 0) is 25.5 Å². The summed E-state index contributed by atoms with van der Waals surface area (Å²) in [5, 5.41) is -0.0311. The lowest BCUT2D eigenvalue weighted by Crippen LogP contribution is -2.05. The van der Waals surface area contributed by atoms with Gasteiger partial charge in [0.2, 0.25) is 11.7 Å². The Bertz CT molecular complexity index is 639. The molecular formula is C14H13ClFNO3. The maximum atomic E-state index is 13.9. The van der Waals surface area contributed by atoms with Crippen molar-refractivity contribution in [2.45, 2.75) is 20.3 Å². The largest absolute Gasteiger partial charge is 0.460 e. The highest BCUT2D eigenvalue weighted by Gasteiger charge is 2.22. The van der Waals surface area contributed by atoms with Gasteiger partial charge in [0.1, 0.15) is 0 Å². The van der Waals surface area contributed by atoms with Crippen LogP contribution in [0.1, 0.15) is 30.1 Å². The first-order chi connectivity index (χ1) is 9.58. The van der Waals surface area contributed by atoms with Crippen LogP contribution >= 0.6 is 11.6 Å². The summed E-state index contributed by atoms with van der Waals surface area (Å²) in [7, 11) is 0. The fourth-order valence-electron chi connectivity index (χ4n) is 1.73. The number of hydrogen-bond acceptors (Lipinski definition) is 4. The van der Waals surface area contributed by atoms with Crippen LogP contribution in [0.15, 0.2) is 22.6 Å². The second-order valence-corrected chi connectivity index (χ2v) is 4.38. The van der Waals surface area contributed by atoms with Gasteiger partial charge in [-0.15, -0.1) is 0 Å². The third-order valence-corrected chi connectivity index (χ3v) is 2.97. The van der Waals surface area contributed by atoms with Crippen LogP contribution in [0.3, 0.4) is 0 Å². The maximum absolute atomic E-state index is 13.9. The first-order valence-electron chi connectivity index (χ1n) is 6.19. The summed E-state index contributed by atoms with van der Waals surface area (Å²) >= 11 is 5.72. The van der Waals surface area contributed by atoms with Gasteiger partial charge < -0.3 is 9.15 Å². The number of aromatic nitrogens is 1. The zero-order valence-electron chi connectivity index (χ0n) is 11.1. The van der Waals surface area contributed by atoms with Crippen LogP contribution in [0, 0.1) is 5.82 Å². The second kappa shape index (κ2) is 6.05. The molecule has 0 N–H and O–H groups in total. The van der Waals surface area contributed by atoms with E-state index < -0.39 is 11.8 Å². The van der Waals surface area contributed by atoms with E-state index in [2.05, 4.69) is 4.98 Å². The summed E-state index contributed by atoms with van der Waals surface area (Å²) in [4.78, 5) is 15.9. The predicted molar refractivity (Wildman–Crippen MR) is 72.2 cm³/mol. The van der Waals surface area contributed by atoms with E-state index in [1.165, 1.54) is 12.1 Å². The molecule has 0 amide bonds. The van der Waals surface area contributed by atoms with Crippen molar-refractivity contribution in [3.63, 3.8) is 0 Å². The van der Waals surface area contributed by atoms with E-state index >= 15 is 0 Å². The molecule has 4 nitrogen and oxygen atoms in total. The lowest BCUT2D eigenvalue weighted by Gasteiger charge is -2.00. The molecule has 106 valence electrons. The Hall–Kier alpha value is -1.88. The van der Waals surface area contributed by atoms with Crippen molar-refractivity contribution in [3.05, 3.63) is 40.5 Å². The summed E-state index contributed by atoms with van der Waals surface area (Å²) in [5.74, 6) is -1.22. The smallest absolute Gasteiger partial charge is 0.376 e. The Morgan fingerprint density at radius 1 is 1.45 bits per heavy atom. The van der Waals surface area contributed by atoms with Crippen molar-refractivity contribution in [3.8, 4) is 11.5 Å². The molecule has 0 unspecified atom stereocenters. The molecule has 2 aromatic rings. The topological polar surface area (TPSA) is 52.3 Å². The Morgan fingerprint density at radius 2 is 2.20 bits per heavy atom. The van der Waals surface area contributed by atoms with Crippen molar-refractivity contribution in [2.75, 3.05) is 6.61 Å². The van der Waals surface area contributed by atoms with Crippen LogP contribution in [0.4, 0.5) is 4.39 Å². The van der Waals surface area contributed by atoms with Crippen LogP contribution in [0.25, 0.3) is 11.5 Å². The van der Waals surface area contributed by atoms with Gasteiger partial charge in [-0.2, -0.15) is 0 Å². The Morgan fingerprint density at radius 3 is 2.85 bits per heavy atom. The minimum Gasteiger partial charge on any atom is -0.460 e. The lowest BCUT2D eigenvalue weighted by molar-refractivity contribution is 0.0489. The normalized spacial score (nSPS) is 10.6. The number of hydrogen-bond donors (Lipinski definition) is 0. The molecule has 0 radical (unpaired) electrons. The highest BCUT2D eigenvalue weighted by Crippen LogP contribution is 2.29. The molecule has 1 aromatic heterocycles. The first-order valence-corrected chi connectivity index (χ1v) is 6.57. The molecule has 0 fully saturated rings. The summed E-state index contributed by atoms with van der Waals surface area (Å²) in [6.45, 7) is 3.74. The molecule has 0 aliphatic rings. The third-order valence-electron chi connectivity index (χ3n) is 2.68. The van der Waals surface area contributed by atoms with Gasteiger partial charge in [0, 0.05) is 0 Å². The van der Waals surface area contributed by atoms with Gasteiger partial charge in [-0.25, -0.2) is 14.2 Å². The number of ether oxygens (including phenoxy) is 1. The average molecular weight is 298 g/mol. The number of carbonyl (C=O) groups is 1. The molecule has 0 saturated heterocycles. The molecule has 0 bridgehead atoms. The highest BCUT2D eigenvalue weighted by molar-refractivity contribution is 6.31. The van der Waals surface area contributed by atoms with Crippen LogP contribution in [0.2, 0.25) is 5.02 Å². The molecular weight excluding hydrogens is 285 g/mol. The quantitative estimate of drug-likeness (QED) is 0.804. The number of rotatable bonds is 4. The zero-order valence-corrected chi connectivity index (χ0v) is 11.8. The van der Waals surface area contributed by atoms with E-state index in [9.17, 15) is 9.18 Å². The van der Waals surface area contributed by atoms with Crippen molar-refractivity contribution < 1.29 is 18.3 Å². The van der Waals surface area contributed by atoms with E-state index in [-0.39, 0.29) is 28.8 Å². The number of aryl methyl sites for hydroxylation is 1. The van der Waals surface area contributed by atoms with Crippen LogP contribution in [0.5, 0.6) is 0 Å². The number of halogens is 2. The minimum absolute atomic E-state index is 0.00345. The van der Waals surface area contributed by atoms with Crippen molar-refractivity contribution in [1.82, 2.24) is 4.98 Å². The number of nitrogens with zero attached hydrogens (tertiary/aromatic N) is 1. The molecule has 0 saturated carbocycles.